The first-order valence-corrected chi connectivity index (χ1v) is 7.99. The second kappa shape index (κ2) is 5.31. The molecule has 0 aliphatic carbocycles. The first-order chi connectivity index (χ1) is 9.25. The zero-order valence-electron chi connectivity index (χ0n) is 10.1. The van der Waals surface area contributed by atoms with Gasteiger partial charge in [0.15, 0.2) is 0 Å². The van der Waals surface area contributed by atoms with Crippen LogP contribution in [-0.4, -0.2) is 4.21 Å². The van der Waals surface area contributed by atoms with Gasteiger partial charge in [-0.2, -0.15) is 0 Å². The van der Waals surface area contributed by atoms with Gasteiger partial charge in [-0.3, -0.25) is 4.21 Å². The van der Waals surface area contributed by atoms with Gasteiger partial charge >= 0.3 is 0 Å². The predicted octanol–water partition coefficient (Wildman–Crippen LogP) is 4.19. The maximum atomic E-state index is 12.2. The third-order valence-electron chi connectivity index (χ3n) is 3.02. The van der Waals surface area contributed by atoms with Crippen molar-refractivity contribution in [3.05, 3.63) is 76.2 Å². The van der Waals surface area contributed by atoms with Crippen LogP contribution in [0.25, 0.3) is 0 Å². The molecule has 2 nitrogen and oxygen atoms in total. The van der Waals surface area contributed by atoms with Crippen molar-refractivity contribution in [1.29, 1.82) is 0 Å². The van der Waals surface area contributed by atoms with Crippen LogP contribution < -0.4 is 4.90 Å². The Balaban J connectivity index is 2.02. The van der Waals surface area contributed by atoms with E-state index < -0.39 is 10.8 Å². The second-order valence-electron chi connectivity index (χ2n) is 4.26. The number of nitrogens with zero attached hydrogens (tertiary/aromatic N) is 1. The van der Waals surface area contributed by atoms with Crippen molar-refractivity contribution >= 4 is 32.4 Å². The molecule has 0 saturated carbocycles. The quantitative estimate of drug-likeness (QED) is 0.821. The van der Waals surface area contributed by atoms with Gasteiger partial charge < -0.3 is 4.90 Å². The highest BCUT2D eigenvalue weighted by atomic mass is 79.9. The van der Waals surface area contributed by atoms with E-state index in [0.717, 1.165) is 15.7 Å². The van der Waals surface area contributed by atoms with Gasteiger partial charge in [0.1, 0.15) is 5.37 Å². The molecule has 2 atom stereocenters. The lowest BCUT2D eigenvalue weighted by Crippen LogP contribution is -2.21. The fourth-order valence-electron chi connectivity index (χ4n) is 2.17. The van der Waals surface area contributed by atoms with Crippen LogP contribution in [0.15, 0.2) is 70.7 Å². The first-order valence-electron chi connectivity index (χ1n) is 5.92. The van der Waals surface area contributed by atoms with Gasteiger partial charge in [0.05, 0.1) is 10.8 Å². The SMILES string of the molecule is O=S1C=CN(c2ccccc2)C1c1cccc(Br)c1. The molecule has 3 rings (SSSR count). The minimum absolute atomic E-state index is 0.153. The van der Waals surface area contributed by atoms with E-state index in [1.807, 2.05) is 60.8 Å². The third kappa shape index (κ3) is 2.51. The van der Waals surface area contributed by atoms with E-state index in [9.17, 15) is 4.21 Å². The minimum Gasteiger partial charge on any atom is -0.328 e. The van der Waals surface area contributed by atoms with Gasteiger partial charge in [-0.15, -0.1) is 0 Å². The zero-order chi connectivity index (χ0) is 13.2. The number of hydrogen-bond donors (Lipinski definition) is 0. The van der Waals surface area contributed by atoms with Crippen molar-refractivity contribution in [3.8, 4) is 0 Å². The Hall–Kier alpha value is -1.39. The highest BCUT2D eigenvalue weighted by Crippen LogP contribution is 2.35. The molecule has 2 aromatic carbocycles. The van der Waals surface area contributed by atoms with Gasteiger partial charge in [-0.05, 0) is 29.8 Å². The fourth-order valence-corrected chi connectivity index (χ4v) is 3.81. The predicted molar refractivity (Wildman–Crippen MR) is 83.1 cm³/mol. The highest BCUT2D eigenvalue weighted by Gasteiger charge is 2.28. The van der Waals surface area contributed by atoms with Crippen molar-refractivity contribution in [2.24, 2.45) is 0 Å². The topological polar surface area (TPSA) is 20.3 Å². The molecule has 1 aliphatic heterocycles. The number of hydrogen-bond acceptors (Lipinski definition) is 2. The molecule has 0 spiro atoms. The maximum Gasteiger partial charge on any atom is 0.138 e. The normalized spacial score (nSPS) is 21.8. The largest absolute Gasteiger partial charge is 0.328 e. The van der Waals surface area contributed by atoms with Crippen LogP contribution in [0, 0.1) is 0 Å². The molecule has 0 radical (unpaired) electrons. The van der Waals surface area contributed by atoms with Crippen molar-refractivity contribution in [2.75, 3.05) is 4.90 Å². The van der Waals surface area contributed by atoms with Crippen LogP contribution in [0.2, 0.25) is 0 Å². The van der Waals surface area contributed by atoms with E-state index >= 15 is 0 Å². The molecular formula is C15H12BrNOS. The van der Waals surface area contributed by atoms with Crippen LogP contribution in [0.1, 0.15) is 10.9 Å². The lowest BCUT2D eigenvalue weighted by molar-refractivity contribution is 0.680. The molecule has 0 aromatic heterocycles. The molecular weight excluding hydrogens is 322 g/mol. The lowest BCUT2D eigenvalue weighted by atomic mass is 10.2. The molecule has 0 saturated heterocycles. The number of benzene rings is 2. The summed E-state index contributed by atoms with van der Waals surface area (Å²) in [5, 5.41) is 1.60. The van der Waals surface area contributed by atoms with E-state index in [-0.39, 0.29) is 5.37 Å². The smallest absolute Gasteiger partial charge is 0.138 e. The molecule has 4 heteroatoms. The first kappa shape index (κ1) is 12.6. The van der Waals surface area contributed by atoms with Crippen molar-refractivity contribution in [1.82, 2.24) is 0 Å². The number of para-hydroxylation sites is 1. The van der Waals surface area contributed by atoms with E-state index in [0.29, 0.717) is 0 Å². The highest BCUT2D eigenvalue weighted by molar-refractivity contribution is 9.10. The summed E-state index contributed by atoms with van der Waals surface area (Å²) in [5.74, 6) is 0. The molecule has 1 heterocycles. The molecule has 0 amide bonds. The van der Waals surface area contributed by atoms with Crippen molar-refractivity contribution in [3.63, 3.8) is 0 Å². The molecule has 1 aliphatic rings. The fraction of sp³-hybridized carbons (Fsp3) is 0.0667. The molecule has 19 heavy (non-hydrogen) atoms. The van der Waals surface area contributed by atoms with Crippen molar-refractivity contribution in [2.45, 2.75) is 5.37 Å². The molecule has 0 fully saturated rings. The molecule has 2 aromatic rings. The van der Waals surface area contributed by atoms with Crippen LogP contribution in [0.3, 0.4) is 0 Å². The Kier molecular flexibility index (Phi) is 3.53. The zero-order valence-corrected chi connectivity index (χ0v) is 12.5. The maximum absolute atomic E-state index is 12.2. The number of halogens is 1. The lowest BCUT2D eigenvalue weighted by Gasteiger charge is -2.25. The number of rotatable bonds is 2. The van der Waals surface area contributed by atoms with Gasteiger partial charge in [-0.25, -0.2) is 0 Å². The Labute approximate surface area is 123 Å². The van der Waals surface area contributed by atoms with Crippen LogP contribution in [0.4, 0.5) is 5.69 Å². The standard InChI is InChI=1S/C15H12BrNOS/c16-13-6-4-5-12(11-13)15-17(9-10-19(15)18)14-7-2-1-3-8-14/h1-11,15H. The van der Waals surface area contributed by atoms with Gasteiger partial charge in [-0.1, -0.05) is 46.3 Å². The summed E-state index contributed by atoms with van der Waals surface area (Å²) in [5.41, 5.74) is 2.09. The third-order valence-corrected chi connectivity index (χ3v) is 4.84. The molecule has 0 bridgehead atoms. The van der Waals surface area contributed by atoms with E-state index in [1.54, 1.807) is 5.41 Å². The Morgan fingerprint density at radius 3 is 2.58 bits per heavy atom. The Morgan fingerprint density at radius 1 is 1.05 bits per heavy atom. The molecule has 96 valence electrons. The molecule has 0 N–H and O–H groups in total. The minimum atomic E-state index is -1.03. The monoisotopic (exact) mass is 333 g/mol. The average Bonchev–Trinajstić information content (AvgIpc) is 2.82. The van der Waals surface area contributed by atoms with E-state index in [2.05, 4.69) is 20.8 Å². The second-order valence-corrected chi connectivity index (χ2v) is 6.56. The summed E-state index contributed by atoms with van der Waals surface area (Å²) in [6.45, 7) is 0. The van der Waals surface area contributed by atoms with Crippen LogP contribution >= 0.6 is 15.9 Å². The number of anilines is 1. The van der Waals surface area contributed by atoms with Crippen LogP contribution in [-0.2, 0) is 10.8 Å². The summed E-state index contributed by atoms with van der Waals surface area (Å²) >= 11 is 3.47. The summed E-state index contributed by atoms with van der Waals surface area (Å²) in [7, 11) is -1.03. The Bertz CT molecular complexity index is 642. The van der Waals surface area contributed by atoms with E-state index in [1.165, 1.54) is 0 Å². The van der Waals surface area contributed by atoms with Gasteiger partial charge in [0.25, 0.3) is 0 Å². The average molecular weight is 334 g/mol. The Morgan fingerprint density at radius 2 is 1.84 bits per heavy atom. The van der Waals surface area contributed by atoms with Gasteiger partial charge in [0.2, 0.25) is 0 Å². The van der Waals surface area contributed by atoms with E-state index in [4.69, 9.17) is 0 Å². The summed E-state index contributed by atoms with van der Waals surface area (Å²) < 4.78 is 13.2. The van der Waals surface area contributed by atoms with Gasteiger partial charge in [0, 0.05) is 21.8 Å². The summed E-state index contributed by atoms with van der Waals surface area (Å²) in [4.78, 5) is 2.05. The van der Waals surface area contributed by atoms with Crippen LogP contribution in [0.5, 0.6) is 0 Å². The summed E-state index contributed by atoms with van der Waals surface area (Å²) in [6.07, 6.45) is 1.90. The van der Waals surface area contributed by atoms with Crippen molar-refractivity contribution < 1.29 is 4.21 Å². The molecule has 2 unspecified atom stereocenters. The summed E-state index contributed by atoms with van der Waals surface area (Å²) in [6, 6.07) is 18.0.